The number of hydrogen-bond donors (Lipinski definition) is 0. The summed E-state index contributed by atoms with van der Waals surface area (Å²) in [5.41, 5.74) is 0. The van der Waals surface area contributed by atoms with Crippen LogP contribution in [0.1, 0.15) is 49.6 Å². The Morgan fingerprint density at radius 3 is 2.79 bits per heavy atom. The Bertz CT molecular complexity index is 291. The van der Waals surface area contributed by atoms with Gasteiger partial charge in [-0.2, -0.15) is 0 Å². The van der Waals surface area contributed by atoms with Crippen LogP contribution in [0.15, 0.2) is 12.4 Å². The molecule has 1 heterocycles. The second-order valence-corrected chi connectivity index (χ2v) is 3.60. The number of hydrogen-bond acceptors (Lipinski definition) is 2. The van der Waals surface area contributed by atoms with Crippen molar-refractivity contribution >= 4 is 5.78 Å². The third-order valence-corrected chi connectivity index (χ3v) is 2.33. The van der Waals surface area contributed by atoms with Crippen molar-refractivity contribution in [3.05, 3.63) is 18.2 Å². The fourth-order valence-corrected chi connectivity index (χ4v) is 1.46. The van der Waals surface area contributed by atoms with E-state index >= 15 is 0 Å². The first-order valence-electron chi connectivity index (χ1n) is 5.26. The lowest BCUT2D eigenvalue weighted by Crippen LogP contribution is -2.06. The summed E-state index contributed by atoms with van der Waals surface area (Å²) in [6.07, 6.45) is 8.65. The molecule has 1 aromatic heterocycles. The van der Waals surface area contributed by atoms with Crippen LogP contribution >= 0.6 is 0 Å². The van der Waals surface area contributed by atoms with Gasteiger partial charge >= 0.3 is 0 Å². The molecule has 78 valence electrons. The second kappa shape index (κ2) is 5.58. The van der Waals surface area contributed by atoms with E-state index in [1.165, 1.54) is 12.8 Å². The van der Waals surface area contributed by atoms with Gasteiger partial charge in [0.05, 0.1) is 0 Å². The third-order valence-electron chi connectivity index (χ3n) is 2.33. The first-order chi connectivity index (χ1) is 6.75. The number of aryl methyl sites for hydroxylation is 1. The number of carbonyl (C=O) groups excluding carboxylic acids is 1. The van der Waals surface area contributed by atoms with E-state index in [2.05, 4.69) is 11.9 Å². The van der Waals surface area contributed by atoms with Crippen LogP contribution in [-0.4, -0.2) is 15.3 Å². The second-order valence-electron chi connectivity index (χ2n) is 3.60. The minimum absolute atomic E-state index is 0.161. The maximum absolute atomic E-state index is 11.6. The monoisotopic (exact) mass is 194 g/mol. The van der Waals surface area contributed by atoms with E-state index in [-0.39, 0.29) is 5.78 Å². The minimum Gasteiger partial charge on any atom is -0.332 e. The van der Waals surface area contributed by atoms with Crippen LogP contribution in [0.4, 0.5) is 0 Å². The molecule has 0 aliphatic heterocycles. The van der Waals surface area contributed by atoms with Gasteiger partial charge in [0.25, 0.3) is 0 Å². The summed E-state index contributed by atoms with van der Waals surface area (Å²) in [4.78, 5) is 15.6. The van der Waals surface area contributed by atoms with Crippen molar-refractivity contribution in [2.45, 2.75) is 39.0 Å². The van der Waals surface area contributed by atoms with Crippen molar-refractivity contribution in [3.63, 3.8) is 0 Å². The number of carbonyl (C=O) groups is 1. The minimum atomic E-state index is 0.161. The number of unbranched alkanes of at least 4 members (excludes halogenated alkanes) is 3. The smallest absolute Gasteiger partial charge is 0.198 e. The summed E-state index contributed by atoms with van der Waals surface area (Å²) in [6.45, 7) is 2.17. The molecule has 3 heteroatoms. The highest BCUT2D eigenvalue weighted by Crippen LogP contribution is 2.07. The van der Waals surface area contributed by atoms with E-state index in [4.69, 9.17) is 0 Å². The van der Waals surface area contributed by atoms with Crippen LogP contribution in [0.2, 0.25) is 0 Å². The van der Waals surface area contributed by atoms with Gasteiger partial charge in [0.1, 0.15) is 0 Å². The molecule has 0 spiro atoms. The van der Waals surface area contributed by atoms with E-state index in [1.807, 2.05) is 7.05 Å². The highest BCUT2D eigenvalue weighted by Gasteiger charge is 2.09. The molecule has 0 aromatic carbocycles. The summed E-state index contributed by atoms with van der Waals surface area (Å²) < 4.78 is 1.78. The number of rotatable bonds is 6. The average Bonchev–Trinajstić information content (AvgIpc) is 2.59. The maximum Gasteiger partial charge on any atom is 0.198 e. The Kier molecular flexibility index (Phi) is 4.36. The fourth-order valence-electron chi connectivity index (χ4n) is 1.46. The molecule has 3 nitrogen and oxygen atoms in total. The van der Waals surface area contributed by atoms with E-state index in [9.17, 15) is 4.79 Å². The Labute approximate surface area is 85.2 Å². The van der Waals surface area contributed by atoms with Crippen molar-refractivity contribution in [1.82, 2.24) is 9.55 Å². The molecule has 0 atom stereocenters. The molecule has 0 saturated carbocycles. The molecule has 0 saturated heterocycles. The molecule has 0 radical (unpaired) electrons. The van der Waals surface area contributed by atoms with E-state index < -0.39 is 0 Å². The molecular weight excluding hydrogens is 176 g/mol. The predicted octanol–water partition coefficient (Wildman–Crippen LogP) is 2.57. The maximum atomic E-state index is 11.6. The molecule has 14 heavy (non-hydrogen) atoms. The van der Waals surface area contributed by atoms with Crippen molar-refractivity contribution in [1.29, 1.82) is 0 Å². The number of imidazole rings is 1. The molecule has 0 aliphatic rings. The first kappa shape index (κ1) is 11.0. The van der Waals surface area contributed by atoms with Gasteiger partial charge in [-0.1, -0.05) is 26.2 Å². The summed E-state index contributed by atoms with van der Waals surface area (Å²) in [7, 11) is 1.85. The Morgan fingerprint density at radius 1 is 1.43 bits per heavy atom. The van der Waals surface area contributed by atoms with Gasteiger partial charge in [-0.25, -0.2) is 4.98 Å². The zero-order valence-electron chi connectivity index (χ0n) is 8.99. The number of Topliss-reactive ketones (excluding diaryl/α,β-unsaturated/α-hetero) is 1. The lowest BCUT2D eigenvalue weighted by molar-refractivity contribution is 0.0966. The zero-order valence-corrected chi connectivity index (χ0v) is 8.99. The van der Waals surface area contributed by atoms with Crippen molar-refractivity contribution in [2.75, 3.05) is 0 Å². The van der Waals surface area contributed by atoms with Gasteiger partial charge in [0, 0.05) is 25.9 Å². The lowest BCUT2D eigenvalue weighted by Gasteiger charge is -2.00. The number of ketones is 1. The highest BCUT2D eigenvalue weighted by atomic mass is 16.1. The molecule has 0 bridgehead atoms. The standard InChI is InChI=1S/C11H18N2O/c1-3-4-5-6-7-10(14)11-12-8-9-13(11)2/h8-9H,3-7H2,1-2H3. The molecule has 0 amide bonds. The van der Waals surface area contributed by atoms with Crippen LogP contribution in [0.25, 0.3) is 0 Å². The third kappa shape index (κ3) is 2.98. The number of aromatic nitrogens is 2. The Balaban J connectivity index is 2.32. The molecule has 0 unspecified atom stereocenters. The van der Waals surface area contributed by atoms with Crippen molar-refractivity contribution in [2.24, 2.45) is 7.05 Å². The molecule has 0 N–H and O–H groups in total. The largest absolute Gasteiger partial charge is 0.332 e. The molecule has 1 aromatic rings. The van der Waals surface area contributed by atoms with Gasteiger partial charge in [-0.05, 0) is 6.42 Å². The molecule has 1 rings (SSSR count). The van der Waals surface area contributed by atoms with E-state index in [0.717, 1.165) is 12.8 Å². The van der Waals surface area contributed by atoms with Gasteiger partial charge in [0.15, 0.2) is 11.6 Å². The average molecular weight is 194 g/mol. The molecule has 0 fully saturated rings. The normalized spacial score (nSPS) is 10.4. The van der Waals surface area contributed by atoms with Crippen LogP contribution in [0.3, 0.4) is 0 Å². The quantitative estimate of drug-likeness (QED) is 0.515. The molecular formula is C11H18N2O. The van der Waals surface area contributed by atoms with Gasteiger partial charge in [-0.3, -0.25) is 4.79 Å². The van der Waals surface area contributed by atoms with Crippen LogP contribution in [-0.2, 0) is 7.05 Å². The van der Waals surface area contributed by atoms with Gasteiger partial charge in [0.2, 0.25) is 0 Å². The Hall–Kier alpha value is -1.12. The van der Waals surface area contributed by atoms with Crippen LogP contribution < -0.4 is 0 Å². The van der Waals surface area contributed by atoms with Crippen LogP contribution in [0, 0.1) is 0 Å². The van der Waals surface area contributed by atoms with Gasteiger partial charge < -0.3 is 4.57 Å². The summed E-state index contributed by atoms with van der Waals surface area (Å²) >= 11 is 0. The van der Waals surface area contributed by atoms with Crippen molar-refractivity contribution in [3.8, 4) is 0 Å². The van der Waals surface area contributed by atoms with Gasteiger partial charge in [-0.15, -0.1) is 0 Å². The number of nitrogens with zero attached hydrogens (tertiary/aromatic N) is 2. The summed E-state index contributed by atoms with van der Waals surface area (Å²) in [6, 6.07) is 0. The SMILES string of the molecule is CCCCCCC(=O)c1nccn1C. The highest BCUT2D eigenvalue weighted by molar-refractivity contribution is 5.92. The summed E-state index contributed by atoms with van der Waals surface area (Å²) in [5, 5.41) is 0. The Morgan fingerprint density at radius 2 is 2.21 bits per heavy atom. The van der Waals surface area contributed by atoms with E-state index in [0.29, 0.717) is 12.2 Å². The zero-order chi connectivity index (χ0) is 10.4. The van der Waals surface area contributed by atoms with Crippen molar-refractivity contribution < 1.29 is 4.79 Å². The summed E-state index contributed by atoms with van der Waals surface area (Å²) in [5.74, 6) is 0.745. The van der Waals surface area contributed by atoms with Crippen LogP contribution in [0.5, 0.6) is 0 Å². The first-order valence-corrected chi connectivity index (χ1v) is 5.26. The lowest BCUT2D eigenvalue weighted by atomic mass is 10.1. The topological polar surface area (TPSA) is 34.9 Å². The molecule has 0 aliphatic carbocycles. The predicted molar refractivity (Wildman–Crippen MR) is 56.3 cm³/mol. The fraction of sp³-hybridized carbons (Fsp3) is 0.636. The van der Waals surface area contributed by atoms with E-state index in [1.54, 1.807) is 17.0 Å².